The average molecular weight is 281 g/mol. The summed E-state index contributed by atoms with van der Waals surface area (Å²) in [5.41, 5.74) is 0.492. The molecule has 0 atom stereocenters. The number of nitrogens with zero attached hydrogens (tertiary/aromatic N) is 1. The Balaban J connectivity index is 2.61. The number of nitrogens with one attached hydrogen (secondary N) is 2. The SMILES string of the molecule is COc1cc(NCCC(=O)NC(C)C)cc([N+](=O)[O-])c1. The highest BCUT2D eigenvalue weighted by atomic mass is 16.6. The van der Waals surface area contributed by atoms with Crippen molar-refractivity contribution in [1.82, 2.24) is 5.32 Å². The van der Waals surface area contributed by atoms with E-state index in [1.807, 2.05) is 13.8 Å². The lowest BCUT2D eigenvalue weighted by atomic mass is 10.2. The van der Waals surface area contributed by atoms with Crippen LogP contribution < -0.4 is 15.4 Å². The third kappa shape index (κ3) is 5.13. The average Bonchev–Trinajstić information content (AvgIpc) is 2.37. The maximum atomic E-state index is 11.5. The van der Waals surface area contributed by atoms with Crippen LogP contribution in [0.1, 0.15) is 20.3 Å². The smallest absolute Gasteiger partial charge is 0.275 e. The molecular weight excluding hydrogens is 262 g/mol. The van der Waals surface area contributed by atoms with E-state index in [1.165, 1.54) is 19.2 Å². The van der Waals surface area contributed by atoms with Crippen molar-refractivity contribution < 1.29 is 14.5 Å². The van der Waals surface area contributed by atoms with E-state index in [2.05, 4.69) is 10.6 Å². The minimum atomic E-state index is -0.487. The molecule has 110 valence electrons. The standard InChI is InChI=1S/C13H19N3O4/c1-9(2)15-13(17)4-5-14-10-6-11(16(18)19)8-12(7-10)20-3/h6-9,14H,4-5H2,1-3H3,(H,15,17). The summed E-state index contributed by atoms with van der Waals surface area (Å²) in [6, 6.07) is 4.49. The largest absolute Gasteiger partial charge is 0.496 e. The predicted octanol–water partition coefficient (Wildman–Crippen LogP) is 1.93. The van der Waals surface area contributed by atoms with Crippen LogP contribution in [0.3, 0.4) is 0 Å². The van der Waals surface area contributed by atoms with Gasteiger partial charge in [-0.3, -0.25) is 14.9 Å². The van der Waals surface area contributed by atoms with Gasteiger partial charge in [0.2, 0.25) is 5.91 Å². The summed E-state index contributed by atoms with van der Waals surface area (Å²) < 4.78 is 5.00. The fourth-order valence-corrected chi connectivity index (χ4v) is 1.62. The number of rotatable bonds is 7. The van der Waals surface area contributed by atoms with Gasteiger partial charge in [-0.15, -0.1) is 0 Å². The molecule has 1 amide bonds. The summed E-state index contributed by atoms with van der Waals surface area (Å²) in [7, 11) is 1.44. The molecule has 0 unspecified atom stereocenters. The van der Waals surface area contributed by atoms with Gasteiger partial charge in [-0.05, 0) is 13.8 Å². The van der Waals surface area contributed by atoms with Crippen molar-refractivity contribution in [3.05, 3.63) is 28.3 Å². The summed E-state index contributed by atoms with van der Waals surface area (Å²) in [4.78, 5) is 21.8. The lowest BCUT2D eigenvalue weighted by Gasteiger charge is -2.10. The zero-order valence-corrected chi connectivity index (χ0v) is 11.8. The van der Waals surface area contributed by atoms with Crippen LogP contribution in [0.15, 0.2) is 18.2 Å². The third-order valence-corrected chi connectivity index (χ3v) is 2.47. The van der Waals surface area contributed by atoms with Crippen LogP contribution in [0, 0.1) is 10.1 Å². The van der Waals surface area contributed by atoms with E-state index in [-0.39, 0.29) is 17.6 Å². The number of nitro benzene ring substituents is 1. The van der Waals surface area contributed by atoms with E-state index in [0.29, 0.717) is 24.4 Å². The molecule has 20 heavy (non-hydrogen) atoms. The van der Waals surface area contributed by atoms with Gasteiger partial charge in [0.25, 0.3) is 5.69 Å². The van der Waals surface area contributed by atoms with Gasteiger partial charge in [0.05, 0.1) is 18.1 Å². The molecule has 0 bridgehead atoms. The molecule has 0 aliphatic heterocycles. The Bertz CT molecular complexity index is 489. The molecule has 0 spiro atoms. The fourth-order valence-electron chi connectivity index (χ4n) is 1.62. The number of methoxy groups -OCH3 is 1. The van der Waals surface area contributed by atoms with Gasteiger partial charge >= 0.3 is 0 Å². The normalized spacial score (nSPS) is 10.2. The van der Waals surface area contributed by atoms with Gasteiger partial charge in [-0.2, -0.15) is 0 Å². The number of benzene rings is 1. The predicted molar refractivity (Wildman–Crippen MR) is 76.0 cm³/mol. The van der Waals surface area contributed by atoms with E-state index in [9.17, 15) is 14.9 Å². The number of carbonyl (C=O) groups is 1. The molecule has 0 saturated carbocycles. The summed E-state index contributed by atoms with van der Waals surface area (Å²) >= 11 is 0. The number of hydrogen-bond donors (Lipinski definition) is 2. The first-order valence-electron chi connectivity index (χ1n) is 6.29. The van der Waals surface area contributed by atoms with Gasteiger partial charge < -0.3 is 15.4 Å². The highest BCUT2D eigenvalue weighted by molar-refractivity contribution is 5.76. The number of nitro groups is 1. The van der Waals surface area contributed by atoms with Crippen molar-refractivity contribution >= 4 is 17.3 Å². The molecule has 7 nitrogen and oxygen atoms in total. The van der Waals surface area contributed by atoms with Crippen LogP contribution in [0.4, 0.5) is 11.4 Å². The van der Waals surface area contributed by atoms with Crippen LogP contribution >= 0.6 is 0 Å². The first kappa shape index (κ1) is 15.7. The maximum absolute atomic E-state index is 11.5. The molecule has 2 N–H and O–H groups in total. The Hall–Kier alpha value is -2.31. The van der Waals surface area contributed by atoms with Gasteiger partial charge in [0, 0.05) is 36.8 Å². The first-order chi connectivity index (χ1) is 9.42. The van der Waals surface area contributed by atoms with Crippen molar-refractivity contribution in [2.24, 2.45) is 0 Å². The van der Waals surface area contributed by atoms with Crippen LogP contribution in [0.25, 0.3) is 0 Å². The summed E-state index contributed by atoms with van der Waals surface area (Å²) in [5.74, 6) is 0.332. The lowest BCUT2D eigenvalue weighted by Crippen LogP contribution is -2.31. The summed E-state index contributed by atoms with van der Waals surface area (Å²) in [6.45, 7) is 4.16. The Kier molecular flexibility index (Phi) is 5.76. The zero-order valence-electron chi connectivity index (χ0n) is 11.8. The molecule has 0 fully saturated rings. The number of carbonyl (C=O) groups excluding carboxylic acids is 1. The minimum absolute atomic E-state index is 0.0570. The van der Waals surface area contributed by atoms with Gasteiger partial charge in [-0.25, -0.2) is 0 Å². The number of amides is 1. The zero-order chi connectivity index (χ0) is 15.1. The lowest BCUT2D eigenvalue weighted by molar-refractivity contribution is -0.384. The molecule has 0 radical (unpaired) electrons. The highest BCUT2D eigenvalue weighted by Crippen LogP contribution is 2.25. The Morgan fingerprint density at radius 2 is 2.10 bits per heavy atom. The molecule has 0 aliphatic carbocycles. The van der Waals surface area contributed by atoms with Gasteiger partial charge in [-0.1, -0.05) is 0 Å². The second-order valence-electron chi connectivity index (χ2n) is 4.58. The van der Waals surface area contributed by atoms with E-state index in [0.717, 1.165) is 0 Å². The highest BCUT2D eigenvalue weighted by Gasteiger charge is 2.10. The minimum Gasteiger partial charge on any atom is -0.496 e. The van der Waals surface area contributed by atoms with E-state index in [1.54, 1.807) is 6.07 Å². The maximum Gasteiger partial charge on any atom is 0.275 e. The van der Waals surface area contributed by atoms with E-state index < -0.39 is 4.92 Å². The quantitative estimate of drug-likeness (QED) is 0.588. The van der Waals surface area contributed by atoms with Gasteiger partial charge in [0.15, 0.2) is 0 Å². The monoisotopic (exact) mass is 281 g/mol. The number of ether oxygens (including phenoxy) is 1. The molecule has 1 rings (SSSR count). The van der Waals surface area contributed by atoms with Crippen molar-refractivity contribution in [3.8, 4) is 5.75 Å². The van der Waals surface area contributed by atoms with Crippen LogP contribution in [-0.2, 0) is 4.79 Å². The second kappa shape index (κ2) is 7.32. The van der Waals surface area contributed by atoms with E-state index >= 15 is 0 Å². The topological polar surface area (TPSA) is 93.5 Å². The van der Waals surface area contributed by atoms with Crippen molar-refractivity contribution in [3.63, 3.8) is 0 Å². The molecular formula is C13H19N3O4. The van der Waals surface area contributed by atoms with Crippen molar-refractivity contribution in [2.45, 2.75) is 26.3 Å². The summed E-state index contributed by atoms with van der Waals surface area (Å²) in [6.07, 6.45) is 0.295. The molecule has 0 aromatic heterocycles. The van der Waals surface area contributed by atoms with Crippen LogP contribution in [-0.4, -0.2) is 30.5 Å². The number of hydrogen-bond acceptors (Lipinski definition) is 5. The second-order valence-corrected chi connectivity index (χ2v) is 4.58. The third-order valence-electron chi connectivity index (χ3n) is 2.47. The molecule has 1 aromatic rings. The van der Waals surface area contributed by atoms with Gasteiger partial charge in [0.1, 0.15) is 5.75 Å². The van der Waals surface area contributed by atoms with Crippen molar-refractivity contribution in [1.29, 1.82) is 0 Å². The Morgan fingerprint density at radius 3 is 2.65 bits per heavy atom. The molecule has 7 heteroatoms. The number of anilines is 1. The Morgan fingerprint density at radius 1 is 1.40 bits per heavy atom. The van der Waals surface area contributed by atoms with Crippen LogP contribution in [0.2, 0.25) is 0 Å². The molecule has 0 aliphatic rings. The Labute approximate surface area is 117 Å². The first-order valence-corrected chi connectivity index (χ1v) is 6.29. The number of non-ortho nitro benzene ring substituents is 1. The summed E-state index contributed by atoms with van der Waals surface area (Å²) in [5, 5.41) is 16.5. The molecule has 0 heterocycles. The molecule has 0 saturated heterocycles. The van der Waals surface area contributed by atoms with E-state index in [4.69, 9.17) is 4.74 Å². The van der Waals surface area contributed by atoms with Crippen molar-refractivity contribution in [2.75, 3.05) is 19.0 Å². The fraction of sp³-hybridized carbons (Fsp3) is 0.462. The molecule has 1 aromatic carbocycles. The van der Waals surface area contributed by atoms with Crippen LogP contribution in [0.5, 0.6) is 5.75 Å².